The van der Waals surface area contributed by atoms with Crippen LogP contribution < -0.4 is 10.5 Å². The summed E-state index contributed by atoms with van der Waals surface area (Å²) >= 11 is 0. The van der Waals surface area contributed by atoms with E-state index in [1.54, 1.807) is 0 Å². The average Bonchev–Trinajstić information content (AvgIpc) is 2.50. The first-order valence-electron chi connectivity index (χ1n) is 8.70. The molecular formula is C19H30N2O2. The summed E-state index contributed by atoms with van der Waals surface area (Å²) in [5.41, 5.74) is 8.19. The maximum absolute atomic E-state index is 12.0. The number of carbonyl (C=O) groups is 1. The van der Waals surface area contributed by atoms with Crippen LogP contribution in [0.25, 0.3) is 0 Å². The van der Waals surface area contributed by atoms with Crippen LogP contribution in [0.15, 0.2) is 18.2 Å². The first-order valence-corrected chi connectivity index (χ1v) is 8.70. The Morgan fingerprint density at radius 2 is 2.04 bits per heavy atom. The number of rotatable bonds is 6. The standard InChI is InChI=1S/C19H30N2O2/c1-6-10-21(13(4)5)16-11-15-14(12(2)3)8-7-9-17(15)23-18(16)19(20)22/h7-9,12-13,16,18H,6,10-11H2,1-5H3,(H2,20,22). The van der Waals surface area contributed by atoms with Crippen LogP contribution in [-0.2, 0) is 11.2 Å². The van der Waals surface area contributed by atoms with E-state index in [1.807, 2.05) is 12.1 Å². The molecule has 1 aromatic rings. The number of hydrogen-bond acceptors (Lipinski definition) is 3. The maximum Gasteiger partial charge on any atom is 0.260 e. The van der Waals surface area contributed by atoms with E-state index in [4.69, 9.17) is 10.5 Å². The normalized spacial score (nSPS) is 20.7. The number of benzene rings is 1. The first-order chi connectivity index (χ1) is 10.9. The molecule has 4 nitrogen and oxygen atoms in total. The van der Waals surface area contributed by atoms with E-state index in [9.17, 15) is 4.79 Å². The van der Waals surface area contributed by atoms with Gasteiger partial charge in [0, 0.05) is 6.04 Å². The highest BCUT2D eigenvalue weighted by Crippen LogP contribution is 2.35. The maximum atomic E-state index is 12.0. The predicted octanol–water partition coefficient (Wildman–Crippen LogP) is 3.09. The largest absolute Gasteiger partial charge is 0.479 e. The van der Waals surface area contributed by atoms with Crippen LogP contribution in [0, 0.1) is 0 Å². The third kappa shape index (κ3) is 3.69. The second-order valence-electron chi connectivity index (χ2n) is 7.02. The lowest BCUT2D eigenvalue weighted by Gasteiger charge is -2.42. The molecule has 1 heterocycles. The Labute approximate surface area is 140 Å². The zero-order valence-electron chi connectivity index (χ0n) is 15.0. The molecule has 0 aromatic heterocycles. The van der Waals surface area contributed by atoms with Gasteiger partial charge in [-0.25, -0.2) is 0 Å². The fourth-order valence-electron chi connectivity index (χ4n) is 3.59. The number of carbonyl (C=O) groups excluding carboxylic acids is 1. The van der Waals surface area contributed by atoms with Gasteiger partial charge < -0.3 is 10.5 Å². The van der Waals surface area contributed by atoms with Crippen LogP contribution >= 0.6 is 0 Å². The molecule has 1 aliphatic rings. The molecule has 0 radical (unpaired) electrons. The lowest BCUT2D eigenvalue weighted by Crippen LogP contribution is -2.57. The fourth-order valence-corrected chi connectivity index (χ4v) is 3.59. The third-order valence-electron chi connectivity index (χ3n) is 4.66. The molecule has 23 heavy (non-hydrogen) atoms. The lowest BCUT2D eigenvalue weighted by atomic mass is 9.87. The Hall–Kier alpha value is -1.55. The van der Waals surface area contributed by atoms with Gasteiger partial charge in [-0.2, -0.15) is 0 Å². The molecule has 2 N–H and O–H groups in total. The van der Waals surface area contributed by atoms with Crippen LogP contribution in [0.2, 0.25) is 0 Å². The molecule has 0 bridgehead atoms. The van der Waals surface area contributed by atoms with E-state index >= 15 is 0 Å². The van der Waals surface area contributed by atoms with E-state index in [2.05, 4.69) is 45.6 Å². The van der Waals surface area contributed by atoms with E-state index in [-0.39, 0.29) is 11.9 Å². The van der Waals surface area contributed by atoms with Crippen molar-refractivity contribution in [2.45, 2.75) is 71.6 Å². The molecule has 0 spiro atoms. The smallest absolute Gasteiger partial charge is 0.260 e. The minimum Gasteiger partial charge on any atom is -0.479 e. The van der Waals surface area contributed by atoms with Crippen molar-refractivity contribution in [2.75, 3.05) is 6.54 Å². The van der Waals surface area contributed by atoms with Gasteiger partial charge >= 0.3 is 0 Å². The number of nitrogens with two attached hydrogens (primary N) is 1. The van der Waals surface area contributed by atoms with Gasteiger partial charge in [0.05, 0.1) is 6.04 Å². The third-order valence-corrected chi connectivity index (χ3v) is 4.66. The highest BCUT2D eigenvalue weighted by Gasteiger charge is 2.39. The topological polar surface area (TPSA) is 55.6 Å². The minimum atomic E-state index is -0.584. The summed E-state index contributed by atoms with van der Waals surface area (Å²) in [5, 5.41) is 0. The quantitative estimate of drug-likeness (QED) is 0.877. The molecule has 0 fully saturated rings. The van der Waals surface area contributed by atoms with Gasteiger partial charge in [0.15, 0.2) is 6.10 Å². The molecule has 2 rings (SSSR count). The van der Waals surface area contributed by atoms with Gasteiger partial charge in [0.2, 0.25) is 0 Å². The summed E-state index contributed by atoms with van der Waals surface area (Å²) in [5.74, 6) is 0.867. The Morgan fingerprint density at radius 1 is 1.35 bits per heavy atom. The van der Waals surface area contributed by atoms with Gasteiger partial charge in [-0.05, 0) is 56.3 Å². The van der Waals surface area contributed by atoms with E-state index in [0.29, 0.717) is 12.0 Å². The van der Waals surface area contributed by atoms with Gasteiger partial charge in [0.25, 0.3) is 5.91 Å². The lowest BCUT2D eigenvalue weighted by molar-refractivity contribution is -0.129. The Balaban J connectivity index is 2.44. The van der Waals surface area contributed by atoms with Crippen molar-refractivity contribution in [2.24, 2.45) is 5.73 Å². The van der Waals surface area contributed by atoms with E-state index < -0.39 is 6.10 Å². The molecule has 1 aliphatic heterocycles. The van der Waals surface area contributed by atoms with Gasteiger partial charge in [-0.3, -0.25) is 9.69 Å². The highest BCUT2D eigenvalue weighted by molar-refractivity contribution is 5.80. The van der Waals surface area contributed by atoms with Crippen molar-refractivity contribution in [1.82, 2.24) is 4.90 Å². The Morgan fingerprint density at radius 3 is 2.57 bits per heavy atom. The number of primary amides is 1. The van der Waals surface area contributed by atoms with Gasteiger partial charge in [-0.1, -0.05) is 32.9 Å². The van der Waals surface area contributed by atoms with Gasteiger partial charge in [0.1, 0.15) is 5.75 Å². The molecule has 0 saturated carbocycles. The molecule has 2 atom stereocenters. The zero-order chi connectivity index (χ0) is 17.1. The van der Waals surface area contributed by atoms with Crippen molar-refractivity contribution in [3.8, 4) is 5.75 Å². The summed E-state index contributed by atoms with van der Waals surface area (Å²) in [4.78, 5) is 14.4. The average molecular weight is 318 g/mol. The number of hydrogen-bond donors (Lipinski definition) is 1. The minimum absolute atomic E-state index is 0.000139. The summed E-state index contributed by atoms with van der Waals surface area (Å²) in [6.45, 7) is 11.8. The molecule has 0 aliphatic carbocycles. The van der Waals surface area contributed by atoms with Crippen LogP contribution in [0.3, 0.4) is 0 Å². The summed E-state index contributed by atoms with van der Waals surface area (Å²) in [6, 6.07) is 6.46. The van der Waals surface area contributed by atoms with E-state index in [0.717, 1.165) is 25.1 Å². The van der Waals surface area contributed by atoms with Crippen molar-refractivity contribution >= 4 is 5.91 Å². The SMILES string of the molecule is CCCN(C(C)C)C1Cc2c(cccc2C(C)C)OC1C(N)=O. The Bertz CT molecular complexity index is 554. The molecule has 1 amide bonds. The zero-order valence-corrected chi connectivity index (χ0v) is 15.0. The molecule has 0 saturated heterocycles. The molecule has 1 aromatic carbocycles. The molecule has 128 valence electrons. The van der Waals surface area contributed by atoms with Crippen molar-refractivity contribution in [1.29, 1.82) is 0 Å². The molecule has 4 heteroatoms. The second kappa shape index (κ2) is 7.35. The monoisotopic (exact) mass is 318 g/mol. The number of fused-ring (bicyclic) bond motifs is 1. The van der Waals surface area contributed by atoms with Gasteiger partial charge in [-0.15, -0.1) is 0 Å². The second-order valence-corrected chi connectivity index (χ2v) is 7.02. The van der Waals surface area contributed by atoms with Crippen LogP contribution in [0.1, 0.15) is 58.1 Å². The van der Waals surface area contributed by atoms with Crippen LogP contribution in [0.5, 0.6) is 5.75 Å². The van der Waals surface area contributed by atoms with Crippen LogP contribution in [-0.4, -0.2) is 35.5 Å². The highest BCUT2D eigenvalue weighted by atomic mass is 16.5. The van der Waals surface area contributed by atoms with E-state index in [1.165, 1.54) is 11.1 Å². The predicted molar refractivity (Wildman–Crippen MR) is 93.8 cm³/mol. The van der Waals surface area contributed by atoms with Crippen LogP contribution in [0.4, 0.5) is 0 Å². The number of amides is 1. The van der Waals surface area contributed by atoms with Crippen molar-refractivity contribution in [3.63, 3.8) is 0 Å². The summed E-state index contributed by atoms with van der Waals surface area (Å²) < 4.78 is 6.06. The number of ether oxygens (including phenoxy) is 1. The fraction of sp³-hybridized carbons (Fsp3) is 0.632. The van der Waals surface area contributed by atoms with Crippen molar-refractivity contribution in [3.05, 3.63) is 29.3 Å². The first kappa shape index (κ1) is 17.8. The molecule has 2 unspecified atom stereocenters. The Kier molecular flexibility index (Phi) is 5.69. The summed E-state index contributed by atoms with van der Waals surface area (Å²) in [7, 11) is 0. The summed E-state index contributed by atoms with van der Waals surface area (Å²) in [6.07, 6.45) is 1.27. The van der Waals surface area contributed by atoms with Crippen molar-refractivity contribution < 1.29 is 9.53 Å². The molecular weight excluding hydrogens is 288 g/mol. The number of nitrogens with zero attached hydrogens (tertiary/aromatic N) is 1.